The van der Waals surface area contributed by atoms with E-state index in [4.69, 9.17) is 32.7 Å². The van der Waals surface area contributed by atoms with Gasteiger partial charge >= 0.3 is 0 Å². The zero-order valence-electron chi connectivity index (χ0n) is 17.4. The minimum atomic E-state index is -1.05. The Morgan fingerprint density at radius 3 is 2.67 bits per heavy atom. The number of rotatable bonds is 7. The minimum Gasteiger partial charge on any atom is -0.482 e. The van der Waals surface area contributed by atoms with Crippen LogP contribution in [0.1, 0.15) is 5.56 Å². The number of carbonyl (C=O) groups excluding carboxylic acids is 3. The van der Waals surface area contributed by atoms with E-state index in [1.807, 2.05) is 30.3 Å². The van der Waals surface area contributed by atoms with Crippen LogP contribution in [0.4, 0.5) is 0 Å². The summed E-state index contributed by atoms with van der Waals surface area (Å²) in [6, 6.07) is 14.1. The van der Waals surface area contributed by atoms with Crippen molar-refractivity contribution in [1.82, 2.24) is 10.2 Å². The smallest absolute Gasteiger partial charge is 0.258 e. The van der Waals surface area contributed by atoms with Gasteiger partial charge in [-0.1, -0.05) is 65.7 Å². The molecule has 170 valence electrons. The summed E-state index contributed by atoms with van der Waals surface area (Å²) in [5.74, 6) is -1.84. The van der Waals surface area contributed by atoms with Crippen LogP contribution in [0, 0.1) is 11.8 Å². The average molecular weight is 487 g/mol. The number of amides is 3. The predicted molar refractivity (Wildman–Crippen MR) is 121 cm³/mol. The third kappa shape index (κ3) is 3.90. The van der Waals surface area contributed by atoms with Crippen LogP contribution < -0.4 is 10.1 Å². The molecule has 0 unspecified atom stereocenters. The van der Waals surface area contributed by atoms with Crippen molar-refractivity contribution in [2.24, 2.45) is 11.8 Å². The molecule has 9 heteroatoms. The Balaban J connectivity index is 1.24. The maximum Gasteiger partial charge on any atom is 0.258 e. The minimum absolute atomic E-state index is 0.0515. The van der Waals surface area contributed by atoms with Crippen LogP contribution in [-0.2, 0) is 25.7 Å². The third-order valence-electron chi connectivity index (χ3n) is 6.24. The number of nitrogens with zero attached hydrogens (tertiary/aromatic N) is 1. The lowest BCUT2D eigenvalue weighted by Gasteiger charge is -2.29. The van der Waals surface area contributed by atoms with Gasteiger partial charge in [0.05, 0.1) is 36.1 Å². The zero-order valence-corrected chi connectivity index (χ0v) is 18.9. The van der Waals surface area contributed by atoms with Gasteiger partial charge in [0.2, 0.25) is 11.8 Å². The van der Waals surface area contributed by atoms with E-state index in [1.54, 1.807) is 24.3 Å². The molecule has 0 saturated carbocycles. The standard InChI is InChI=1S/C24H20Cl2N2O5/c25-15-6-7-17(16(26)10-15)32-12-19(29)27-13-24-9-8-18(33-24)20-21(24)23(31)28(22(20)30)11-14-4-2-1-3-5-14/h1-10,18,20-21H,11-13H2,(H,27,29)/t18-,20+,21+,24-/m1/s1. The molecule has 0 spiro atoms. The molecule has 7 nitrogen and oxygen atoms in total. The monoisotopic (exact) mass is 486 g/mol. The highest BCUT2D eigenvalue weighted by atomic mass is 35.5. The van der Waals surface area contributed by atoms with Crippen molar-refractivity contribution < 1.29 is 23.9 Å². The number of hydrogen-bond donors (Lipinski definition) is 1. The molecule has 0 aromatic heterocycles. The van der Waals surface area contributed by atoms with Crippen molar-refractivity contribution in [2.75, 3.05) is 13.2 Å². The van der Waals surface area contributed by atoms with Crippen LogP contribution >= 0.6 is 23.2 Å². The molecular weight excluding hydrogens is 467 g/mol. The largest absolute Gasteiger partial charge is 0.482 e. The van der Waals surface area contributed by atoms with Gasteiger partial charge in [-0.2, -0.15) is 0 Å². The van der Waals surface area contributed by atoms with Gasteiger partial charge in [-0.25, -0.2) is 0 Å². The summed E-state index contributed by atoms with van der Waals surface area (Å²) in [6.07, 6.45) is 3.11. The molecule has 2 aromatic rings. The van der Waals surface area contributed by atoms with Gasteiger partial charge in [0.25, 0.3) is 5.91 Å². The van der Waals surface area contributed by atoms with Crippen LogP contribution in [0.5, 0.6) is 5.75 Å². The lowest BCUT2D eigenvalue weighted by atomic mass is 9.77. The number of benzene rings is 2. The first-order valence-electron chi connectivity index (χ1n) is 10.5. The summed E-state index contributed by atoms with van der Waals surface area (Å²) in [4.78, 5) is 40.0. The van der Waals surface area contributed by atoms with Crippen molar-refractivity contribution in [1.29, 1.82) is 0 Å². The first-order valence-corrected chi connectivity index (χ1v) is 11.2. The first-order chi connectivity index (χ1) is 15.9. The molecule has 2 bridgehead atoms. The molecule has 3 aliphatic heterocycles. The molecule has 3 heterocycles. The Bertz CT molecular complexity index is 1150. The van der Waals surface area contributed by atoms with Gasteiger partial charge < -0.3 is 14.8 Å². The van der Waals surface area contributed by atoms with Crippen molar-refractivity contribution >= 4 is 40.9 Å². The van der Waals surface area contributed by atoms with Crippen LogP contribution in [0.15, 0.2) is 60.7 Å². The van der Waals surface area contributed by atoms with E-state index in [2.05, 4.69) is 5.32 Å². The van der Waals surface area contributed by atoms with Crippen molar-refractivity contribution in [3.63, 3.8) is 0 Å². The topological polar surface area (TPSA) is 84.9 Å². The summed E-state index contributed by atoms with van der Waals surface area (Å²) in [5, 5.41) is 3.52. The van der Waals surface area contributed by atoms with Gasteiger partial charge in [0, 0.05) is 5.02 Å². The molecule has 5 rings (SSSR count). The first kappa shape index (κ1) is 21.9. The van der Waals surface area contributed by atoms with E-state index >= 15 is 0 Å². The zero-order chi connectivity index (χ0) is 23.2. The second-order valence-corrected chi connectivity index (χ2v) is 9.13. The van der Waals surface area contributed by atoms with E-state index in [1.165, 1.54) is 11.0 Å². The molecule has 2 saturated heterocycles. The number of fused-ring (bicyclic) bond motifs is 5. The predicted octanol–water partition coefficient (Wildman–Crippen LogP) is 3.00. The molecular formula is C24H20Cl2N2O5. The maximum absolute atomic E-state index is 13.2. The second kappa shape index (κ2) is 8.48. The quantitative estimate of drug-likeness (QED) is 0.480. The third-order valence-corrected chi connectivity index (χ3v) is 6.77. The number of halogens is 2. The average Bonchev–Trinajstić information content (AvgIpc) is 3.44. The van der Waals surface area contributed by atoms with Crippen LogP contribution in [0.25, 0.3) is 0 Å². The van der Waals surface area contributed by atoms with Crippen molar-refractivity contribution in [3.8, 4) is 5.75 Å². The van der Waals surface area contributed by atoms with Crippen LogP contribution in [-0.4, -0.2) is 47.5 Å². The number of hydrogen-bond acceptors (Lipinski definition) is 5. The van der Waals surface area contributed by atoms with Gasteiger partial charge in [-0.15, -0.1) is 0 Å². The van der Waals surface area contributed by atoms with E-state index < -0.39 is 29.4 Å². The fourth-order valence-electron chi connectivity index (χ4n) is 4.71. The Labute approximate surface area is 200 Å². The van der Waals surface area contributed by atoms with Crippen LogP contribution in [0.2, 0.25) is 10.0 Å². The normalized spacial score (nSPS) is 27.2. The van der Waals surface area contributed by atoms with Gasteiger partial charge in [0.1, 0.15) is 11.4 Å². The van der Waals surface area contributed by atoms with Crippen LogP contribution in [0.3, 0.4) is 0 Å². The molecule has 2 fully saturated rings. The fraction of sp³-hybridized carbons (Fsp3) is 0.292. The molecule has 1 N–H and O–H groups in total. The summed E-state index contributed by atoms with van der Waals surface area (Å²) < 4.78 is 11.5. The van der Waals surface area contributed by atoms with E-state index in [9.17, 15) is 14.4 Å². The lowest BCUT2D eigenvalue weighted by Crippen LogP contribution is -2.49. The molecule has 2 aromatic carbocycles. The molecule has 0 radical (unpaired) electrons. The number of ether oxygens (including phenoxy) is 2. The Morgan fingerprint density at radius 1 is 1.12 bits per heavy atom. The number of carbonyl (C=O) groups is 3. The van der Waals surface area contributed by atoms with Crippen molar-refractivity contribution in [2.45, 2.75) is 18.2 Å². The van der Waals surface area contributed by atoms with Gasteiger partial charge in [0.15, 0.2) is 6.61 Å². The molecule has 3 aliphatic rings. The SMILES string of the molecule is O=C(COc1ccc(Cl)cc1Cl)NC[C@@]12C=C[C@@H](O1)[C@@H]1C(=O)N(Cc3ccccc3)C(=O)[C@H]12. The summed E-state index contributed by atoms with van der Waals surface area (Å²) in [7, 11) is 0. The number of imide groups is 1. The Morgan fingerprint density at radius 2 is 1.91 bits per heavy atom. The highest BCUT2D eigenvalue weighted by Gasteiger charge is 2.67. The summed E-state index contributed by atoms with van der Waals surface area (Å²) in [6.45, 7) is -0.00204. The second-order valence-electron chi connectivity index (χ2n) is 8.29. The fourth-order valence-corrected chi connectivity index (χ4v) is 5.17. The maximum atomic E-state index is 13.2. The lowest BCUT2D eigenvalue weighted by molar-refractivity contribution is -0.145. The molecule has 33 heavy (non-hydrogen) atoms. The van der Waals surface area contributed by atoms with Crippen molar-refractivity contribution in [3.05, 3.63) is 76.3 Å². The van der Waals surface area contributed by atoms with Gasteiger partial charge in [-0.3, -0.25) is 19.3 Å². The summed E-state index contributed by atoms with van der Waals surface area (Å²) >= 11 is 11.9. The molecule has 3 amide bonds. The van der Waals surface area contributed by atoms with E-state index in [0.29, 0.717) is 15.8 Å². The van der Waals surface area contributed by atoms with E-state index in [0.717, 1.165) is 5.56 Å². The molecule has 4 atom stereocenters. The molecule has 0 aliphatic carbocycles. The Kier molecular flexibility index (Phi) is 5.64. The highest BCUT2D eigenvalue weighted by Crippen LogP contribution is 2.51. The highest BCUT2D eigenvalue weighted by molar-refractivity contribution is 6.35. The Hall–Kier alpha value is -2.87. The van der Waals surface area contributed by atoms with E-state index in [-0.39, 0.29) is 31.5 Å². The summed E-state index contributed by atoms with van der Waals surface area (Å²) in [5.41, 5.74) is -0.179. The number of likely N-dealkylation sites (tertiary alicyclic amines) is 1. The van der Waals surface area contributed by atoms with Gasteiger partial charge in [-0.05, 0) is 23.8 Å². The number of nitrogens with one attached hydrogen (secondary N) is 1.